The number of aromatic nitrogens is 4. The summed E-state index contributed by atoms with van der Waals surface area (Å²) >= 11 is 6.15. The molecule has 0 atom stereocenters. The van der Waals surface area contributed by atoms with E-state index in [0.29, 0.717) is 34.5 Å². The number of halogens is 1. The van der Waals surface area contributed by atoms with Crippen LogP contribution in [-0.4, -0.2) is 39.4 Å². The lowest BCUT2D eigenvalue weighted by molar-refractivity contribution is -0.122. The number of nitrogens with zero attached hydrogens (tertiary/aromatic N) is 5. The normalized spacial score (nSPS) is 10.9. The van der Waals surface area contributed by atoms with Gasteiger partial charge in [0.05, 0.1) is 18.3 Å². The highest BCUT2D eigenvalue weighted by Crippen LogP contribution is 2.28. The predicted molar refractivity (Wildman–Crippen MR) is 133 cm³/mol. The zero-order chi connectivity index (χ0) is 24.6. The number of carbonyl (C=O) groups is 1. The lowest BCUT2D eigenvalue weighted by Gasteiger charge is -2.11. The molecule has 1 amide bonds. The second kappa shape index (κ2) is 11.3. The molecule has 0 fully saturated rings. The number of tetrazole rings is 1. The third-order valence-corrected chi connectivity index (χ3v) is 5.29. The SMILES string of the molecule is COc1cc(C=NNC(=O)Cn2nnc(-c3ccccc3Cl)n2)ccc1OCc1ccc(C)cc1. The highest BCUT2D eigenvalue weighted by atomic mass is 35.5. The Labute approximate surface area is 207 Å². The number of benzene rings is 3. The number of hydrogen-bond acceptors (Lipinski definition) is 7. The summed E-state index contributed by atoms with van der Waals surface area (Å²) in [4.78, 5) is 13.4. The van der Waals surface area contributed by atoms with Gasteiger partial charge < -0.3 is 9.47 Å². The summed E-state index contributed by atoms with van der Waals surface area (Å²) in [7, 11) is 1.57. The molecule has 1 heterocycles. The first kappa shape index (κ1) is 23.9. The van der Waals surface area contributed by atoms with Crippen LogP contribution in [0.15, 0.2) is 71.8 Å². The molecule has 0 aliphatic carbocycles. The van der Waals surface area contributed by atoms with E-state index in [4.69, 9.17) is 21.1 Å². The van der Waals surface area contributed by atoms with E-state index in [1.54, 1.807) is 31.4 Å². The van der Waals surface area contributed by atoms with E-state index in [2.05, 4.69) is 25.9 Å². The third kappa shape index (κ3) is 6.42. The van der Waals surface area contributed by atoms with Crippen molar-refractivity contribution in [2.75, 3.05) is 7.11 Å². The molecule has 0 aliphatic heterocycles. The van der Waals surface area contributed by atoms with Crippen molar-refractivity contribution in [1.82, 2.24) is 25.6 Å². The number of hydrazone groups is 1. The van der Waals surface area contributed by atoms with E-state index in [1.807, 2.05) is 49.4 Å². The van der Waals surface area contributed by atoms with Crippen molar-refractivity contribution >= 4 is 23.7 Å². The molecule has 0 saturated carbocycles. The second-order valence-electron chi connectivity index (χ2n) is 7.60. The maximum Gasteiger partial charge on any atom is 0.263 e. The van der Waals surface area contributed by atoms with Crippen LogP contribution < -0.4 is 14.9 Å². The number of ether oxygens (including phenoxy) is 2. The first-order chi connectivity index (χ1) is 17.0. The first-order valence-corrected chi connectivity index (χ1v) is 11.1. The first-order valence-electron chi connectivity index (χ1n) is 10.7. The maximum absolute atomic E-state index is 12.2. The fourth-order valence-electron chi connectivity index (χ4n) is 3.13. The zero-order valence-electron chi connectivity index (χ0n) is 19.2. The monoisotopic (exact) mass is 490 g/mol. The predicted octanol–water partition coefficient (Wildman–Crippen LogP) is 4.04. The molecule has 4 rings (SSSR count). The van der Waals surface area contributed by atoms with Crippen molar-refractivity contribution in [1.29, 1.82) is 0 Å². The quantitative estimate of drug-likeness (QED) is 0.280. The minimum Gasteiger partial charge on any atom is -0.493 e. The average molecular weight is 491 g/mol. The molecule has 9 nitrogen and oxygen atoms in total. The van der Waals surface area contributed by atoms with Gasteiger partial charge in [-0.2, -0.15) is 9.90 Å². The fraction of sp³-hybridized carbons (Fsp3) is 0.160. The largest absolute Gasteiger partial charge is 0.493 e. The molecule has 0 saturated heterocycles. The third-order valence-electron chi connectivity index (χ3n) is 4.96. The molecule has 0 radical (unpaired) electrons. The zero-order valence-corrected chi connectivity index (χ0v) is 19.9. The van der Waals surface area contributed by atoms with Crippen LogP contribution in [0.2, 0.25) is 5.02 Å². The van der Waals surface area contributed by atoms with Crippen molar-refractivity contribution < 1.29 is 14.3 Å². The number of amides is 1. The lowest BCUT2D eigenvalue weighted by Crippen LogP contribution is -2.24. The molecule has 1 N–H and O–H groups in total. The van der Waals surface area contributed by atoms with Crippen molar-refractivity contribution in [2.24, 2.45) is 5.10 Å². The van der Waals surface area contributed by atoms with Crippen LogP contribution in [0.5, 0.6) is 11.5 Å². The molecule has 1 aromatic heterocycles. The number of carbonyl (C=O) groups excluding carboxylic acids is 1. The van der Waals surface area contributed by atoms with E-state index in [1.165, 1.54) is 16.6 Å². The molecular weight excluding hydrogens is 468 g/mol. The van der Waals surface area contributed by atoms with Gasteiger partial charge in [-0.25, -0.2) is 5.43 Å². The van der Waals surface area contributed by atoms with Gasteiger partial charge in [-0.3, -0.25) is 4.79 Å². The fourth-order valence-corrected chi connectivity index (χ4v) is 3.35. The molecule has 35 heavy (non-hydrogen) atoms. The van der Waals surface area contributed by atoms with Gasteiger partial charge in [-0.15, -0.1) is 10.2 Å². The lowest BCUT2D eigenvalue weighted by atomic mass is 10.2. The smallest absolute Gasteiger partial charge is 0.263 e. The number of aryl methyl sites for hydroxylation is 1. The van der Waals surface area contributed by atoms with E-state index in [9.17, 15) is 4.79 Å². The van der Waals surface area contributed by atoms with Gasteiger partial charge >= 0.3 is 0 Å². The Morgan fingerprint density at radius 3 is 2.69 bits per heavy atom. The average Bonchev–Trinajstić information content (AvgIpc) is 3.32. The summed E-state index contributed by atoms with van der Waals surface area (Å²) in [6.45, 7) is 2.32. The highest BCUT2D eigenvalue weighted by molar-refractivity contribution is 6.33. The molecule has 0 spiro atoms. The van der Waals surface area contributed by atoms with E-state index in [-0.39, 0.29) is 6.54 Å². The Morgan fingerprint density at radius 1 is 1.11 bits per heavy atom. The minimum absolute atomic E-state index is 0.149. The van der Waals surface area contributed by atoms with Gasteiger partial charge in [-0.1, -0.05) is 53.6 Å². The summed E-state index contributed by atoms with van der Waals surface area (Å²) in [5, 5.41) is 16.5. The van der Waals surface area contributed by atoms with Crippen molar-refractivity contribution in [3.63, 3.8) is 0 Å². The minimum atomic E-state index is -0.408. The van der Waals surface area contributed by atoms with Crippen molar-refractivity contribution in [3.8, 4) is 22.9 Å². The van der Waals surface area contributed by atoms with E-state index in [0.717, 1.165) is 11.1 Å². The van der Waals surface area contributed by atoms with Crippen LogP contribution in [0.1, 0.15) is 16.7 Å². The maximum atomic E-state index is 12.2. The van der Waals surface area contributed by atoms with Crippen LogP contribution in [0, 0.1) is 6.92 Å². The summed E-state index contributed by atoms with van der Waals surface area (Å²) in [5.41, 5.74) is 6.07. The van der Waals surface area contributed by atoms with Crippen LogP contribution in [0.25, 0.3) is 11.4 Å². The van der Waals surface area contributed by atoms with Crippen LogP contribution >= 0.6 is 11.6 Å². The Balaban J connectivity index is 1.32. The molecule has 0 unspecified atom stereocenters. The molecule has 4 aromatic rings. The molecule has 0 bridgehead atoms. The number of methoxy groups -OCH3 is 1. The Kier molecular flexibility index (Phi) is 7.69. The Hall–Kier alpha value is -4.24. The second-order valence-corrected chi connectivity index (χ2v) is 8.01. The van der Waals surface area contributed by atoms with Gasteiger partial charge in [0.15, 0.2) is 11.5 Å². The summed E-state index contributed by atoms with van der Waals surface area (Å²) < 4.78 is 11.3. The molecular formula is C25H23ClN6O3. The van der Waals surface area contributed by atoms with Gasteiger partial charge in [0.25, 0.3) is 5.91 Å². The van der Waals surface area contributed by atoms with E-state index < -0.39 is 5.91 Å². The van der Waals surface area contributed by atoms with Gasteiger partial charge in [0, 0.05) is 5.56 Å². The summed E-state index contributed by atoms with van der Waals surface area (Å²) in [6, 6.07) is 20.7. The summed E-state index contributed by atoms with van der Waals surface area (Å²) in [5.74, 6) is 1.10. The standard InChI is InChI=1S/C25H23ClN6O3/c1-17-7-9-18(10-8-17)16-35-22-12-11-19(13-23(22)34-2)14-27-28-24(33)15-32-30-25(29-31-32)20-5-3-4-6-21(20)26/h3-14H,15-16H2,1-2H3,(H,28,33). The van der Waals surface area contributed by atoms with E-state index >= 15 is 0 Å². The van der Waals surface area contributed by atoms with Gasteiger partial charge in [0.1, 0.15) is 13.2 Å². The molecule has 178 valence electrons. The molecule has 0 aliphatic rings. The van der Waals surface area contributed by atoms with Crippen LogP contribution in [-0.2, 0) is 17.9 Å². The Bertz CT molecular complexity index is 1340. The Morgan fingerprint density at radius 2 is 1.91 bits per heavy atom. The number of nitrogens with one attached hydrogen (secondary N) is 1. The highest BCUT2D eigenvalue weighted by Gasteiger charge is 2.11. The number of rotatable bonds is 9. The van der Waals surface area contributed by atoms with Crippen molar-refractivity contribution in [2.45, 2.75) is 20.1 Å². The summed E-state index contributed by atoms with van der Waals surface area (Å²) in [6.07, 6.45) is 1.51. The molecule has 3 aromatic carbocycles. The van der Waals surface area contributed by atoms with Gasteiger partial charge in [0.2, 0.25) is 5.82 Å². The van der Waals surface area contributed by atoms with Gasteiger partial charge in [-0.05, 0) is 53.6 Å². The van der Waals surface area contributed by atoms with Crippen molar-refractivity contribution in [3.05, 3.63) is 88.4 Å². The number of hydrogen-bond donors (Lipinski definition) is 1. The van der Waals surface area contributed by atoms with Crippen LogP contribution in [0.4, 0.5) is 0 Å². The van der Waals surface area contributed by atoms with Crippen LogP contribution in [0.3, 0.4) is 0 Å². The topological polar surface area (TPSA) is 104 Å². The molecule has 10 heteroatoms.